The van der Waals surface area contributed by atoms with Crippen LogP contribution < -0.4 is 5.43 Å². The minimum absolute atomic E-state index is 0.00389. The maximum Gasteiger partial charge on any atom is 0.343 e. The molecule has 2 aromatic rings. The third-order valence-corrected chi connectivity index (χ3v) is 4.43. The lowest BCUT2D eigenvalue weighted by atomic mass is 10.1. The van der Waals surface area contributed by atoms with Crippen molar-refractivity contribution in [3.05, 3.63) is 45.2 Å². The van der Waals surface area contributed by atoms with Crippen molar-refractivity contribution in [3.8, 4) is 0 Å². The van der Waals surface area contributed by atoms with Gasteiger partial charge in [-0.25, -0.2) is 13.6 Å². The highest BCUT2D eigenvalue weighted by atomic mass is 79.9. The molecule has 1 aliphatic carbocycles. The van der Waals surface area contributed by atoms with Crippen LogP contribution in [0.15, 0.2) is 17.1 Å². The molecule has 1 aromatic carbocycles. The van der Waals surface area contributed by atoms with Gasteiger partial charge >= 0.3 is 5.97 Å². The number of aromatic nitrogens is 1. The van der Waals surface area contributed by atoms with Gasteiger partial charge in [-0.2, -0.15) is 0 Å². The number of halogens is 3. The molecular weight excluding hydrogens is 372 g/mol. The number of fused-ring (bicyclic) bond motifs is 1. The molecule has 0 saturated heterocycles. The van der Waals surface area contributed by atoms with Crippen molar-refractivity contribution in [3.63, 3.8) is 0 Å². The summed E-state index contributed by atoms with van der Waals surface area (Å²) in [6, 6.07) is 0.940. The molecular formula is C16H14BrF2NO3. The predicted molar refractivity (Wildman–Crippen MR) is 85.0 cm³/mol. The van der Waals surface area contributed by atoms with Gasteiger partial charge in [0.2, 0.25) is 5.43 Å². The topological polar surface area (TPSA) is 48.3 Å². The molecule has 0 atom stereocenters. The van der Waals surface area contributed by atoms with Gasteiger partial charge in [0.1, 0.15) is 5.56 Å². The third kappa shape index (κ3) is 2.67. The largest absolute Gasteiger partial charge is 0.462 e. The van der Waals surface area contributed by atoms with Gasteiger partial charge in [0, 0.05) is 28.5 Å². The summed E-state index contributed by atoms with van der Waals surface area (Å²) in [7, 11) is 0. The summed E-state index contributed by atoms with van der Waals surface area (Å²) in [6.45, 7) is 1.76. The number of ether oxygens (including phenoxy) is 1. The van der Waals surface area contributed by atoms with Crippen LogP contribution >= 0.6 is 15.9 Å². The number of esters is 1. The van der Waals surface area contributed by atoms with Crippen LogP contribution in [0.1, 0.15) is 41.7 Å². The Balaban J connectivity index is 2.40. The van der Waals surface area contributed by atoms with E-state index in [1.807, 2.05) is 0 Å². The third-order valence-electron chi connectivity index (χ3n) is 3.87. The van der Waals surface area contributed by atoms with E-state index >= 15 is 0 Å². The highest BCUT2D eigenvalue weighted by molar-refractivity contribution is 9.08. The Kier molecular flexibility index (Phi) is 4.23. The quantitative estimate of drug-likeness (QED) is 0.595. The number of carbonyl (C=O) groups is 1. The fraction of sp³-hybridized carbons (Fsp3) is 0.375. The van der Waals surface area contributed by atoms with Gasteiger partial charge in [-0.15, -0.1) is 0 Å². The number of nitrogens with zero attached hydrogens (tertiary/aromatic N) is 1. The van der Waals surface area contributed by atoms with E-state index in [0.29, 0.717) is 5.52 Å². The van der Waals surface area contributed by atoms with Gasteiger partial charge < -0.3 is 9.30 Å². The molecule has 0 radical (unpaired) electrons. The molecule has 0 bridgehead atoms. The molecule has 0 amide bonds. The van der Waals surface area contributed by atoms with Gasteiger partial charge in [0.05, 0.1) is 12.1 Å². The van der Waals surface area contributed by atoms with Crippen LogP contribution in [-0.4, -0.2) is 17.1 Å². The van der Waals surface area contributed by atoms with Crippen molar-refractivity contribution in [2.45, 2.75) is 31.1 Å². The molecule has 1 heterocycles. The molecule has 1 saturated carbocycles. The van der Waals surface area contributed by atoms with Gasteiger partial charge in [0.25, 0.3) is 0 Å². The Morgan fingerprint density at radius 2 is 2.13 bits per heavy atom. The average Bonchev–Trinajstić information content (AvgIpc) is 3.35. The summed E-state index contributed by atoms with van der Waals surface area (Å²) in [5.41, 5.74) is -0.380. The van der Waals surface area contributed by atoms with Crippen LogP contribution in [0.3, 0.4) is 0 Å². The molecule has 1 fully saturated rings. The fourth-order valence-corrected chi connectivity index (χ4v) is 3.17. The first-order chi connectivity index (χ1) is 11.0. The molecule has 1 aliphatic rings. The van der Waals surface area contributed by atoms with Crippen LogP contribution in [0.4, 0.5) is 8.78 Å². The van der Waals surface area contributed by atoms with Gasteiger partial charge in [-0.05, 0) is 25.8 Å². The second-order valence-corrected chi connectivity index (χ2v) is 5.97. The lowest BCUT2D eigenvalue weighted by Gasteiger charge is -2.16. The van der Waals surface area contributed by atoms with Crippen LogP contribution in [-0.2, 0) is 10.1 Å². The van der Waals surface area contributed by atoms with E-state index in [1.165, 1.54) is 6.20 Å². The normalized spacial score (nSPS) is 14.3. The number of pyridine rings is 1. The van der Waals surface area contributed by atoms with Crippen molar-refractivity contribution in [1.29, 1.82) is 0 Å². The van der Waals surface area contributed by atoms with Crippen molar-refractivity contribution in [2.75, 3.05) is 6.61 Å². The number of rotatable bonds is 4. The molecule has 0 aliphatic heterocycles. The zero-order valence-electron chi connectivity index (χ0n) is 12.4. The average molecular weight is 386 g/mol. The Bertz CT molecular complexity index is 859. The SMILES string of the molecule is CCOC(=O)c1cn(C2CC2)c2c(CBr)c(F)c(F)cc2c1=O. The van der Waals surface area contributed by atoms with Crippen LogP contribution in [0, 0.1) is 11.6 Å². The van der Waals surface area contributed by atoms with E-state index in [2.05, 4.69) is 15.9 Å². The fourth-order valence-electron chi connectivity index (χ4n) is 2.66. The van der Waals surface area contributed by atoms with Crippen molar-refractivity contribution >= 4 is 32.8 Å². The molecule has 4 nitrogen and oxygen atoms in total. The smallest absolute Gasteiger partial charge is 0.343 e. The first-order valence-corrected chi connectivity index (χ1v) is 8.40. The molecule has 3 rings (SSSR count). The van der Waals surface area contributed by atoms with Crippen LogP contribution in [0.2, 0.25) is 0 Å². The van der Waals surface area contributed by atoms with Gasteiger partial charge in [-0.3, -0.25) is 4.79 Å². The van der Waals surface area contributed by atoms with Gasteiger partial charge in [-0.1, -0.05) is 15.9 Å². The maximum atomic E-state index is 14.1. The predicted octanol–water partition coefficient (Wildman–Crippen LogP) is 3.69. The zero-order chi connectivity index (χ0) is 16.7. The summed E-state index contributed by atoms with van der Waals surface area (Å²) < 4.78 is 34.5. The minimum Gasteiger partial charge on any atom is -0.462 e. The zero-order valence-corrected chi connectivity index (χ0v) is 14.0. The first-order valence-electron chi connectivity index (χ1n) is 7.28. The van der Waals surface area contributed by atoms with E-state index in [0.717, 1.165) is 18.9 Å². The number of hydrogen-bond acceptors (Lipinski definition) is 3. The van der Waals surface area contributed by atoms with Crippen molar-refractivity contribution in [2.24, 2.45) is 0 Å². The lowest BCUT2D eigenvalue weighted by molar-refractivity contribution is 0.0524. The monoisotopic (exact) mass is 385 g/mol. The molecule has 1 aromatic heterocycles. The van der Waals surface area contributed by atoms with E-state index in [-0.39, 0.29) is 34.5 Å². The highest BCUT2D eigenvalue weighted by Crippen LogP contribution is 2.38. The highest BCUT2D eigenvalue weighted by Gasteiger charge is 2.29. The van der Waals surface area contributed by atoms with Crippen LogP contribution in [0.5, 0.6) is 0 Å². The van der Waals surface area contributed by atoms with E-state index in [4.69, 9.17) is 4.74 Å². The molecule has 23 heavy (non-hydrogen) atoms. The first kappa shape index (κ1) is 16.1. The minimum atomic E-state index is -1.10. The summed E-state index contributed by atoms with van der Waals surface area (Å²) in [6.07, 6.45) is 3.13. The summed E-state index contributed by atoms with van der Waals surface area (Å²) in [5, 5.41) is 0.0636. The van der Waals surface area contributed by atoms with Crippen molar-refractivity contribution in [1.82, 2.24) is 4.57 Å². The van der Waals surface area contributed by atoms with Gasteiger partial charge in [0.15, 0.2) is 11.6 Å². The molecule has 0 spiro atoms. The standard InChI is InChI=1S/C16H14BrF2NO3/c1-2-23-16(22)11-7-20(8-3-4-8)14-9(15(11)21)5-12(18)13(19)10(14)6-17/h5,7-8H,2-4,6H2,1H3. The Labute approximate surface area is 139 Å². The number of hydrogen-bond donors (Lipinski definition) is 0. The van der Waals surface area contributed by atoms with E-state index < -0.39 is 23.0 Å². The van der Waals surface area contributed by atoms with E-state index in [1.54, 1.807) is 11.5 Å². The number of carbonyl (C=O) groups excluding carboxylic acids is 1. The van der Waals surface area contributed by atoms with Crippen LogP contribution in [0.25, 0.3) is 10.9 Å². The number of alkyl halides is 1. The molecule has 122 valence electrons. The maximum absolute atomic E-state index is 14.1. The second-order valence-electron chi connectivity index (χ2n) is 5.41. The second kappa shape index (κ2) is 6.03. The van der Waals surface area contributed by atoms with E-state index in [9.17, 15) is 18.4 Å². The summed E-state index contributed by atoms with van der Waals surface area (Å²) >= 11 is 3.15. The molecule has 7 heteroatoms. The lowest BCUT2D eigenvalue weighted by Crippen LogP contribution is -2.22. The Morgan fingerprint density at radius 3 is 2.70 bits per heavy atom. The van der Waals surface area contributed by atoms with Crippen molar-refractivity contribution < 1.29 is 18.3 Å². The Morgan fingerprint density at radius 1 is 1.43 bits per heavy atom. The summed E-state index contributed by atoms with van der Waals surface area (Å²) in [5.74, 6) is -2.83. The Hall–Kier alpha value is -1.76. The molecule has 0 N–H and O–H groups in total. The number of benzene rings is 1. The summed E-state index contributed by atoms with van der Waals surface area (Å²) in [4.78, 5) is 24.6. The molecule has 0 unspecified atom stereocenters.